The Morgan fingerprint density at radius 1 is 0.885 bits per heavy atom. The number of para-hydroxylation sites is 1. The largest absolute Gasteiger partial charge is 0.507 e. The third-order valence-electron chi connectivity index (χ3n) is 4.36. The van der Waals surface area contributed by atoms with E-state index in [0.717, 1.165) is 33.6 Å². The molecule has 1 aromatic heterocycles. The summed E-state index contributed by atoms with van der Waals surface area (Å²) in [5.41, 5.74) is 5.58. The van der Waals surface area contributed by atoms with E-state index in [2.05, 4.69) is 10.2 Å². The predicted octanol–water partition coefficient (Wildman–Crippen LogP) is 5.69. The molecule has 0 saturated carbocycles. The Labute approximate surface area is 156 Å². The molecule has 0 aliphatic carbocycles. The van der Waals surface area contributed by atoms with E-state index in [1.54, 1.807) is 6.07 Å². The maximum Gasteiger partial charge on any atom is 0.124 e. The summed E-state index contributed by atoms with van der Waals surface area (Å²) in [5.74, 6) is 0.225. The summed E-state index contributed by atoms with van der Waals surface area (Å²) in [4.78, 5) is 0. The van der Waals surface area contributed by atoms with Crippen LogP contribution in [-0.4, -0.2) is 15.3 Å². The van der Waals surface area contributed by atoms with Crippen LogP contribution in [0.5, 0.6) is 5.75 Å². The van der Waals surface area contributed by atoms with Crippen LogP contribution in [0.15, 0.2) is 78.9 Å². The lowest BCUT2D eigenvalue weighted by molar-refractivity contribution is 0.477. The van der Waals surface area contributed by atoms with E-state index < -0.39 is 0 Å². The molecule has 1 heterocycles. The highest BCUT2D eigenvalue weighted by Crippen LogP contribution is 2.36. The minimum atomic E-state index is 0.225. The number of aromatic hydroxyl groups is 1. The van der Waals surface area contributed by atoms with Gasteiger partial charge < -0.3 is 5.11 Å². The van der Waals surface area contributed by atoms with Gasteiger partial charge in [0, 0.05) is 28.1 Å². The number of nitrogens with one attached hydrogen (secondary N) is 1. The molecule has 0 atom stereocenters. The number of hydrogen-bond donors (Lipinski definition) is 2. The molecule has 0 aliphatic heterocycles. The highest BCUT2D eigenvalue weighted by Gasteiger charge is 2.18. The van der Waals surface area contributed by atoms with Crippen LogP contribution in [0.2, 0.25) is 5.02 Å². The second-order valence-corrected chi connectivity index (χ2v) is 6.55. The molecule has 4 rings (SSSR count). The summed E-state index contributed by atoms with van der Waals surface area (Å²) < 4.78 is 0. The lowest BCUT2D eigenvalue weighted by Gasteiger charge is -2.09. The van der Waals surface area contributed by atoms with Gasteiger partial charge in [0.1, 0.15) is 5.75 Å². The fourth-order valence-corrected chi connectivity index (χ4v) is 3.34. The van der Waals surface area contributed by atoms with Crippen molar-refractivity contribution in [2.75, 3.05) is 0 Å². The van der Waals surface area contributed by atoms with Gasteiger partial charge in [-0.05, 0) is 29.8 Å². The molecular formula is C22H17ClN2O. The van der Waals surface area contributed by atoms with Crippen LogP contribution >= 0.6 is 11.6 Å². The van der Waals surface area contributed by atoms with E-state index in [4.69, 9.17) is 11.6 Å². The van der Waals surface area contributed by atoms with E-state index in [-0.39, 0.29) is 5.75 Å². The number of nitrogens with zero attached hydrogens (tertiary/aromatic N) is 1. The molecule has 2 N–H and O–H groups in total. The van der Waals surface area contributed by atoms with Gasteiger partial charge in [0.25, 0.3) is 0 Å². The summed E-state index contributed by atoms with van der Waals surface area (Å²) in [7, 11) is 0. The van der Waals surface area contributed by atoms with Gasteiger partial charge in [-0.25, -0.2) is 0 Å². The van der Waals surface area contributed by atoms with Gasteiger partial charge in [0.05, 0.1) is 11.4 Å². The molecular weight excluding hydrogens is 344 g/mol. The maximum absolute atomic E-state index is 10.3. The Balaban J connectivity index is 1.88. The number of aromatic nitrogens is 2. The van der Waals surface area contributed by atoms with E-state index in [1.165, 1.54) is 0 Å². The third kappa shape index (κ3) is 3.22. The Kier molecular flexibility index (Phi) is 4.46. The molecule has 0 spiro atoms. The first-order valence-electron chi connectivity index (χ1n) is 8.38. The summed E-state index contributed by atoms with van der Waals surface area (Å²) in [6.07, 6.45) is 0.658. The molecule has 0 aliphatic rings. The molecule has 26 heavy (non-hydrogen) atoms. The van der Waals surface area contributed by atoms with Gasteiger partial charge in [-0.3, -0.25) is 5.10 Å². The molecule has 0 bridgehead atoms. The highest BCUT2D eigenvalue weighted by atomic mass is 35.5. The minimum absolute atomic E-state index is 0.225. The fourth-order valence-electron chi connectivity index (χ4n) is 3.13. The quantitative estimate of drug-likeness (QED) is 0.491. The summed E-state index contributed by atoms with van der Waals surface area (Å²) >= 11 is 6.16. The minimum Gasteiger partial charge on any atom is -0.507 e. The second-order valence-electron chi connectivity index (χ2n) is 6.12. The Bertz CT molecular complexity index is 1040. The summed E-state index contributed by atoms with van der Waals surface area (Å²) in [6, 6.07) is 25.1. The molecule has 128 valence electrons. The number of hydrogen-bond acceptors (Lipinski definition) is 2. The molecule has 0 amide bonds. The van der Waals surface area contributed by atoms with Gasteiger partial charge in [-0.2, -0.15) is 5.10 Å². The number of phenols is 1. The van der Waals surface area contributed by atoms with Gasteiger partial charge in [0.2, 0.25) is 0 Å². The van der Waals surface area contributed by atoms with Crippen molar-refractivity contribution in [3.8, 4) is 28.3 Å². The fraction of sp³-hybridized carbons (Fsp3) is 0.0455. The van der Waals surface area contributed by atoms with Crippen molar-refractivity contribution < 1.29 is 5.11 Å². The first-order chi connectivity index (χ1) is 12.7. The number of aromatic amines is 1. The molecule has 3 nitrogen and oxygen atoms in total. The predicted molar refractivity (Wildman–Crippen MR) is 105 cm³/mol. The molecule has 4 aromatic rings. The van der Waals surface area contributed by atoms with Crippen molar-refractivity contribution in [2.24, 2.45) is 0 Å². The monoisotopic (exact) mass is 360 g/mol. The van der Waals surface area contributed by atoms with Crippen molar-refractivity contribution in [1.29, 1.82) is 0 Å². The number of benzene rings is 3. The van der Waals surface area contributed by atoms with Crippen LogP contribution in [0.1, 0.15) is 11.1 Å². The topological polar surface area (TPSA) is 48.9 Å². The standard InChI is InChI=1S/C22H17ClN2O/c23-17-10-6-7-15(13-17)14-19-21(16-8-2-1-3-9-16)24-25-22(19)18-11-4-5-12-20(18)26/h1-13,26H,14H2,(H,24,25). The van der Waals surface area contributed by atoms with Crippen LogP contribution in [0, 0.1) is 0 Å². The average molecular weight is 361 g/mol. The lowest BCUT2D eigenvalue weighted by atomic mass is 9.96. The molecule has 0 saturated heterocycles. The number of phenolic OH excluding ortho intramolecular Hbond substituents is 1. The molecule has 4 heteroatoms. The zero-order chi connectivity index (χ0) is 17.9. The Morgan fingerprint density at radius 3 is 2.42 bits per heavy atom. The highest BCUT2D eigenvalue weighted by molar-refractivity contribution is 6.30. The van der Waals surface area contributed by atoms with Crippen LogP contribution < -0.4 is 0 Å². The Morgan fingerprint density at radius 2 is 1.65 bits per heavy atom. The van der Waals surface area contributed by atoms with E-state index in [1.807, 2.05) is 72.8 Å². The van der Waals surface area contributed by atoms with Crippen molar-refractivity contribution in [3.05, 3.63) is 95.0 Å². The molecule has 0 fully saturated rings. The normalized spacial score (nSPS) is 10.8. The van der Waals surface area contributed by atoms with Crippen molar-refractivity contribution in [1.82, 2.24) is 10.2 Å². The lowest BCUT2D eigenvalue weighted by Crippen LogP contribution is -1.93. The number of rotatable bonds is 4. The van der Waals surface area contributed by atoms with Gasteiger partial charge >= 0.3 is 0 Å². The summed E-state index contributed by atoms with van der Waals surface area (Å²) in [6.45, 7) is 0. The third-order valence-corrected chi connectivity index (χ3v) is 4.59. The first-order valence-corrected chi connectivity index (χ1v) is 8.75. The van der Waals surface area contributed by atoms with Crippen molar-refractivity contribution in [3.63, 3.8) is 0 Å². The first kappa shape index (κ1) is 16.4. The van der Waals surface area contributed by atoms with Crippen LogP contribution in [0.4, 0.5) is 0 Å². The van der Waals surface area contributed by atoms with Crippen molar-refractivity contribution in [2.45, 2.75) is 6.42 Å². The zero-order valence-corrected chi connectivity index (χ0v) is 14.7. The number of H-pyrrole nitrogens is 1. The summed E-state index contributed by atoms with van der Waals surface area (Å²) in [5, 5.41) is 18.7. The number of halogens is 1. The van der Waals surface area contributed by atoms with Gasteiger partial charge in [-0.15, -0.1) is 0 Å². The average Bonchev–Trinajstić information content (AvgIpc) is 3.06. The zero-order valence-electron chi connectivity index (χ0n) is 14.0. The van der Waals surface area contributed by atoms with E-state index >= 15 is 0 Å². The van der Waals surface area contributed by atoms with Crippen LogP contribution in [0.3, 0.4) is 0 Å². The van der Waals surface area contributed by atoms with E-state index in [9.17, 15) is 5.11 Å². The molecule has 3 aromatic carbocycles. The second kappa shape index (κ2) is 7.06. The van der Waals surface area contributed by atoms with Gasteiger partial charge in [-0.1, -0.05) is 66.2 Å². The van der Waals surface area contributed by atoms with Crippen LogP contribution in [-0.2, 0) is 6.42 Å². The molecule has 0 radical (unpaired) electrons. The van der Waals surface area contributed by atoms with Gasteiger partial charge in [0.15, 0.2) is 0 Å². The Hall–Kier alpha value is -3.04. The SMILES string of the molecule is Oc1ccccc1-c1[nH]nc(-c2ccccc2)c1Cc1cccc(Cl)c1. The maximum atomic E-state index is 10.3. The van der Waals surface area contributed by atoms with Crippen molar-refractivity contribution >= 4 is 11.6 Å². The van der Waals surface area contributed by atoms with E-state index in [0.29, 0.717) is 11.4 Å². The van der Waals surface area contributed by atoms with Crippen LogP contribution in [0.25, 0.3) is 22.5 Å². The smallest absolute Gasteiger partial charge is 0.124 e. The molecule has 0 unspecified atom stereocenters.